The van der Waals surface area contributed by atoms with Gasteiger partial charge in [0.25, 0.3) is 5.91 Å². The monoisotopic (exact) mass is 228 g/mol. The van der Waals surface area contributed by atoms with Gasteiger partial charge in [0.05, 0.1) is 6.54 Å². The highest BCUT2D eigenvalue weighted by molar-refractivity contribution is 5.94. The molecule has 1 aromatic carbocycles. The largest absolute Gasteiger partial charge is 0.349 e. The van der Waals surface area contributed by atoms with E-state index in [1.807, 2.05) is 12.1 Å². The maximum absolute atomic E-state index is 11.9. The van der Waals surface area contributed by atoms with Crippen molar-refractivity contribution in [3.63, 3.8) is 0 Å². The summed E-state index contributed by atoms with van der Waals surface area (Å²) in [5, 5.41) is 2.99. The Labute approximate surface area is 101 Å². The summed E-state index contributed by atoms with van der Waals surface area (Å²) in [6, 6.07) is 7.66. The van der Waals surface area contributed by atoms with E-state index < -0.39 is 0 Å². The summed E-state index contributed by atoms with van der Waals surface area (Å²) in [7, 11) is 0. The molecule has 0 spiro atoms. The molecule has 0 saturated heterocycles. The summed E-state index contributed by atoms with van der Waals surface area (Å²) in [5.41, 5.74) is 6.80. The molecule has 1 fully saturated rings. The molecular formula is C14H16N2O. The molecule has 17 heavy (non-hydrogen) atoms. The van der Waals surface area contributed by atoms with E-state index in [0.29, 0.717) is 24.1 Å². The number of nitrogens with one attached hydrogen (secondary N) is 1. The van der Waals surface area contributed by atoms with E-state index >= 15 is 0 Å². The fraction of sp³-hybridized carbons (Fsp3) is 0.357. The van der Waals surface area contributed by atoms with E-state index in [2.05, 4.69) is 24.1 Å². The van der Waals surface area contributed by atoms with Gasteiger partial charge in [0.2, 0.25) is 0 Å². The summed E-state index contributed by atoms with van der Waals surface area (Å²) in [6.45, 7) is 2.46. The van der Waals surface area contributed by atoms with Gasteiger partial charge in [-0.05, 0) is 30.5 Å². The molecule has 3 N–H and O–H groups in total. The normalized spacial score (nSPS) is 21.3. The molecule has 0 bridgehead atoms. The average molecular weight is 228 g/mol. The Bertz CT molecular complexity index is 484. The molecule has 1 aliphatic rings. The van der Waals surface area contributed by atoms with Gasteiger partial charge in [-0.2, -0.15) is 0 Å². The molecular weight excluding hydrogens is 212 g/mol. The van der Waals surface area contributed by atoms with E-state index in [9.17, 15) is 4.79 Å². The van der Waals surface area contributed by atoms with Crippen LogP contribution in [0.25, 0.3) is 0 Å². The Morgan fingerprint density at radius 3 is 3.00 bits per heavy atom. The van der Waals surface area contributed by atoms with Crippen molar-refractivity contribution in [2.45, 2.75) is 19.4 Å². The van der Waals surface area contributed by atoms with Gasteiger partial charge >= 0.3 is 0 Å². The first-order chi connectivity index (χ1) is 8.20. The third-order valence-electron chi connectivity index (χ3n) is 2.89. The number of benzene rings is 1. The number of carbonyl (C=O) groups excluding carboxylic acids is 1. The molecule has 1 saturated carbocycles. The fourth-order valence-electron chi connectivity index (χ4n) is 1.67. The SMILES string of the molecule is CC1CC1NC(=O)c1cccc(C#CCN)c1. The zero-order chi connectivity index (χ0) is 12.3. The molecule has 0 aromatic heterocycles. The molecule has 1 aromatic rings. The minimum atomic E-state index is -0.0178. The van der Waals surface area contributed by atoms with Gasteiger partial charge in [0, 0.05) is 17.2 Å². The molecule has 2 unspecified atom stereocenters. The van der Waals surface area contributed by atoms with Crippen LogP contribution in [0.2, 0.25) is 0 Å². The van der Waals surface area contributed by atoms with Crippen LogP contribution in [0, 0.1) is 17.8 Å². The molecule has 0 radical (unpaired) electrons. The van der Waals surface area contributed by atoms with Crippen LogP contribution in [0.1, 0.15) is 29.3 Å². The van der Waals surface area contributed by atoms with Crippen LogP contribution < -0.4 is 11.1 Å². The summed E-state index contributed by atoms with van der Waals surface area (Å²) >= 11 is 0. The van der Waals surface area contributed by atoms with Crippen molar-refractivity contribution in [3.8, 4) is 11.8 Å². The van der Waals surface area contributed by atoms with Crippen molar-refractivity contribution in [2.75, 3.05) is 6.54 Å². The number of hydrogen-bond donors (Lipinski definition) is 2. The smallest absolute Gasteiger partial charge is 0.251 e. The molecule has 0 heterocycles. The summed E-state index contributed by atoms with van der Waals surface area (Å²) in [5.74, 6) is 6.29. The van der Waals surface area contributed by atoms with E-state index in [4.69, 9.17) is 5.73 Å². The second-order valence-corrected chi connectivity index (χ2v) is 4.38. The van der Waals surface area contributed by atoms with Gasteiger partial charge in [-0.15, -0.1) is 0 Å². The first kappa shape index (κ1) is 11.7. The Balaban J connectivity index is 2.07. The summed E-state index contributed by atoms with van der Waals surface area (Å²) in [4.78, 5) is 11.9. The Morgan fingerprint density at radius 1 is 1.59 bits per heavy atom. The minimum absolute atomic E-state index is 0.0178. The van der Waals surface area contributed by atoms with Crippen molar-refractivity contribution in [3.05, 3.63) is 35.4 Å². The van der Waals surface area contributed by atoms with Crippen LogP contribution in [-0.4, -0.2) is 18.5 Å². The van der Waals surface area contributed by atoms with Crippen molar-refractivity contribution >= 4 is 5.91 Å². The van der Waals surface area contributed by atoms with Crippen LogP contribution in [-0.2, 0) is 0 Å². The number of amides is 1. The predicted octanol–water partition coefficient (Wildman–Crippen LogP) is 1.13. The molecule has 88 valence electrons. The number of rotatable bonds is 2. The van der Waals surface area contributed by atoms with Crippen molar-refractivity contribution in [1.29, 1.82) is 0 Å². The van der Waals surface area contributed by atoms with Crippen LogP contribution in [0.4, 0.5) is 0 Å². The zero-order valence-corrected chi connectivity index (χ0v) is 9.86. The highest BCUT2D eigenvalue weighted by Crippen LogP contribution is 2.29. The lowest BCUT2D eigenvalue weighted by Gasteiger charge is -2.03. The molecule has 3 nitrogen and oxygen atoms in total. The second kappa shape index (κ2) is 5.03. The highest BCUT2D eigenvalue weighted by Gasteiger charge is 2.33. The van der Waals surface area contributed by atoms with Gasteiger partial charge in [0.1, 0.15) is 0 Å². The Kier molecular flexibility index (Phi) is 3.46. The first-order valence-corrected chi connectivity index (χ1v) is 5.80. The second-order valence-electron chi connectivity index (χ2n) is 4.38. The highest BCUT2D eigenvalue weighted by atomic mass is 16.1. The number of nitrogens with two attached hydrogens (primary N) is 1. The van der Waals surface area contributed by atoms with Crippen molar-refractivity contribution < 1.29 is 4.79 Å². The summed E-state index contributed by atoms with van der Waals surface area (Å²) in [6.07, 6.45) is 1.08. The Hall–Kier alpha value is -1.79. The van der Waals surface area contributed by atoms with E-state index in [-0.39, 0.29) is 5.91 Å². The van der Waals surface area contributed by atoms with E-state index in [1.165, 1.54) is 0 Å². The Morgan fingerprint density at radius 2 is 2.35 bits per heavy atom. The molecule has 0 aliphatic heterocycles. The lowest BCUT2D eigenvalue weighted by Crippen LogP contribution is -2.26. The maximum Gasteiger partial charge on any atom is 0.251 e. The molecule has 2 rings (SSSR count). The van der Waals surface area contributed by atoms with Crippen molar-refractivity contribution in [2.24, 2.45) is 11.7 Å². The molecule has 1 aliphatic carbocycles. The van der Waals surface area contributed by atoms with Crippen molar-refractivity contribution in [1.82, 2.24) is 5.32 Å². The number of carbonyl (C=O) groups is 1. The maximum atomic E-state index is 11.9. The third-order valence-corrected chi connectivity index (χ3v) is 2.89. The lowest BCUT2D eigenvalue weighted by atomic mass is 10.1. The van der Waals surface area contributed by atoms with Gasteiger partial charge in [-0.25, -0.2) is 0 Å². The minimum Gasteiger partial charge on any atom is -0.349 e. The standard InChI is InChI=1S/C14H16N2O/c1-10-8-13(10)16-14(17)12-6-2-4-11(9-12)5-3-7-15/h2,4,6,9-10,13H,7-8,15H2,1H3,(H,16,17). The number of hydrogen-bond acceptors (Lipinski definition) is 2. The lowest BCUT2D eigenvalue weighted by molar-refractivity contribution is 0.0949. The van der Waals surface area contributed by atoms with E-state index in [0.717, 1.165) is 12.0 Å². The molecule has 1 amide bonds. The van der Waals surface area contributed by atoms with Gasteiger partial charge in [-0.1, -0.05) is 24.8 Å². The van der Waals surface area contributed by atoms with Gasteiger partial charge < -0.3 is 11.1 Å². The molecule has 2 atom stereocenters. The van der Waals surface area contributed by atoms with Gasteiger partial charge in [-0.3, -0.25) is 4.79 Å². The van der Waals surface area contributed by atoms with Crippen LogP contribution in [0.15, 0.2) is 24.3 Å². The van der Waals surface area contributed by atoms with E-state index in [1.54, 1.807) is 12.1 Å². The average Bonchev–Trinajstić information content (AvgIpc) is 3.02. The molecule has 3 heteroatoms. The third kappa shape index (κ3) is 3.08. The van der Waals surface area contributed by atoms with Gasteiger partial charge in [0.15, 0.2) is 0 Å². The summed E-state index contributed by atoms with van der Waals surface area (Å²) < 4.78 is 0. The van der Waals surface area contributed by atoms with Crippen LogP contribution >= 0.6 is 0 Å². The quantitative estimate of drug-likeness (QED) is 0.746. The topological polar surface area (TPSA) is 55.1 Å². The van der Waals surface area contributed by atoms with Crippen LogP contribution in [0.5, 0.6) is 0 Å². The van der Waals surface area contributed by atoms with Crippen LogP contribution in [0.3, 0.4) is 0 Å². The first-order valence-electron chi connectivity index (χ1n) is 5.80. The zero-order valence-electron chi connectivity index (χ0n) is 9.86. The fourth-order valence-corrected chi connectivity index (χ4v) is 1.67. The predicted molar refractivity (Wildman–Crippen MR) is 67.4 cm³/mol.